The first-order chi connectivity index (χ1) is 14.2. The van der Waals surface area contributed by atoms with Crippen LogP contribution in [0.1, 0.15) is 87.6 Å². The van der Waals surface area contributed by atoms with E-state index in [1.807, 2.05) is 36.4 Å². The Kier molecular flexibility index (Phi) is 11.0. The molecule has 0 heterocycles. The fraction of sp³-hybridized carbons (Fsp3) is 0.500. The van der Waals surface area contributed by atoms with E-state index < -0.39 is 0 Å². The molecule has 0 saturated carbocycles. The molecule has 2 aromatic carbocycles. The summed E-state index contributed by atoms with van der Waals surface area (Å²) in [6.07, 6.45) is 12.3. The lowest BCUT2D eigenvalue weighted by Gasteiger charge is -2.08. The highest BCUT2D eigenvalue weighted by Gasteiger charge is 2.09. The maximum absolute atomic E-state index is 12.3. The van der Waals surface area contributed by atoms with Crippen LogP contribution in [0.3, 0.4) is 0 Å². The first kappa shape index (κ1) is 23.0. The number of carbonyl (C=O) groups excluding carboxylic acids is 1. The lowest BCUT2D eigenvalue weighted by atomic mass is 10.1. The monoisotopic (exact) mass is 396 g/mol. The summed E-state index contributed by atoms with van der Waals surface area (Å²) in [5.74, 6) is 1.03. The molecule has 3 heteroatoms. The standard InChI is InChI=1S/C26H36O3/c1-3-5-7-8-9-10-11-21-28-24-19-15-23(16-20-24)26(27)29-25-17-13-22(14-18-25)12-6-4-2/h13-20H,3-12,21H2,1-2H3. The van der Waals surface area contributed by atoms with Gasteiger partial charge in [-0.05, 0) is 61.2 Å². The first-order valence-corrected chi connectivity index (χ1v) is 11.3. The smallest absolute Gasteiger partial charge is 0.343 e. The molecule has 2 aromatic rings. The Morgan fingerprint density at radius 2 is 1.28 bits per heavy atom. The molecule has 0 atom stereocenters. The van der Waals surface area contributed by atoms with Crippen LogP contribution in [0.15, 0.2) is 48.5 Å². The number of unbranched alkanes of at least 4 members (excludes halogenated alkanes) is 7. The van der Waals surface area contributed by atoms with Crippen molar-refractivity contribution in [3.8, 4) is 11.5 Å². The Hall–Kier alpha value is -2.29. The Balaban J connectivity index is 1.70. The third-order valence-corrected chi connectivity index (χ3v) is 5.06. The third-order valence-electron chi connectivity index (χ3n) is 5.06. The maximum Gasteiger partial charge on any atom is 0.343 e. The second-order valence-electron chi connectivity index (χ2n) is 7.63. The number of aryl methyl sites for hydroxylation is 1. The normalized spacial score (nSPS) is 10.7. The molecule has 0 N–H and O–H groups in total. The number of carbonyl (C=O) groups is 1. The van der Waals surface area contributed by atoms with Gasteiger partial charge in [0, 0.05) is 0 Å². The van der Waals surface area contributed by atoms with Crippen molar-refractivity contribution in [2.24, 2.45) is 0 Å². The summed E-state index contributed by atoms with van der Waals surface area (Å²) in [6, 6.07) is 15.0. The first-order valence-electron chi connectivity index (χ1n) is 11.3. The molecule has 0 unspecified atom stereocenters. The minimum atomic E-state index is -0.343. The average molecular weight is 397 g/mol. The molecule has 0 spiro atoms. The maximum atomic E-state index is 12.3. The van der Waals surface area contributed by atoms with Crippen molar-refractivity contribution >= 4 is 5.97 Å². The summed E-state index contributed by atoms with van der Waals surface area (Å²) in [5, 5.41) is 0. The minimum absolute atomic E-state index is 0.343. The van der Waals surface area contributed by atoms with Crippen LogP contribution in [0.2, 0.25) is 0 Å². The number of ether oxygens (including phenoxy) is 2. The predicted octanol–water partition coefficient (Wildman–Crippen LogP) is 7.38. The number of hydrogen-bond acceptors (Lipinski definition) is 3. The number of rotatable bonds is 14. The van der Waals surface area contributed by atoms with Crippen LogP contribution in [0.4, 0.5) is 0 Å². The fourth-order valence-corrected chi connectivity index (χ4v) is 3.21. The molecular formula is C26H36O3. The second-order valence-corrected chi connectivity index (χ2v) is 7.63. The minimum Gasteiger partial charge on any atom is -0.494 e. The number of benzene rings is 2. The Labute approximate surface area is 176 Å². The van der Waals surface area contributed by atoms with Crippen molar-refractivity contribution in [1.29, 1.82) is 0 Å². The van der Waals surface area contributed by atoms with Crippen molar-refractivity contribution in [3.63, 3.8) is 0 Å². The van der Waals surface area contributed by atoms with Gasteiger partial charge in [-0.3, -0.25) is 0 Å². The van der Waals surface area contributed by atoms with Gasteiger partial charge < -0.3 is 9.47 Å². The van der Waals surface area contributed by atoms with Crippen LogP contribution in [0.5, 0.6) is 11.5 Å². The van der Waals surface area contributed by atoms with Gasteiger partial charge in [0.1, 0.15) is 11.5 Å². The number of esters is 1. The molecule has 3 nitrogen and oxygen atoms in total. The Morgan fingerprint density at radius 1 is 0.690 bits per heavy atom. The fourth-order valence-electron chi connectivity index (χ4n) is 3.21. The Bertz CT molecular complexity index is 689. The van der Waals surface area contributed by atoms with E-state index in [0.29, 0.717) is 11.3 Å². The van der Waals surface area contributed by atoms with Crippen molar-refractivity contribution in [2.45, 2.75) is 78.1 Å². The van der Waals surface area contributed by atoms with Crippen LogP contribution in [-0.2, 0) is 6.42 Å². The lowest BCUT2D eigenvalue weighted by Crippen LogP contribution is -2.08. The van der Waals surface area contributed by atoms with Gasteiger partial charge in [-0.15, -0.1) is 0 Å². The van der Waals surface area contributed by atoms with Gasteiger partial charge in [0.05, 0.1) is 12.2 Å². The molecule has 29 heavy (non-hydrogen) atoms. The molecule has 2 rings (SSSR count). The molecule has 0 amide bonds. The molecule has 0 aromatic heterocycles. The molecule has 0 aliphatic rings. The van der Waals surface area contributed by atoms with E-state index in [0.717, 1.165) is 25.2 Å². The number of hydrogen-bond donors (Lipinski definition) is 0. The van der Waals surface area contributed by atoms with E-state index in [1.54, 1.807) is 12.1 Å². The second kappa shape index (κ2) is 13.8. The zero-order valence-corrected chi connectivity index (χ0v) is 18.1. The van der Waals surface area contributed by atoms with E-state index in [9.17, 15) is 4.79 Å². The van der Waals surface area contributed by atoms with Crippen molar-refractivity contribution in [1.82, 2.24) is 0 Å². The van der Waals surface area contributed by atoms with Crippen LogP contribution < -0.4 is 9.47 Å². The van der Waals surface area contributed by atoms with Gasteiger partial charge in [0.15, 0.2) is 0 Å². The Morgan fingerprint density at radius 3 is 1.93 bits per heavy atom. The van der Waals surface area contributed by atoms with Crippen LogP contribution in [0.25, 0.3) is 0 Å². The zero-order chi connectivity index (χ0) is 20.7. The van der Waals surface area contributed by atoms with Gasteiger partial charge in [-0.25, -0.2) is 4.79 Å². The molecule has 0 saturated heterocycles. The molecule has 0 aliphatic heterocycles. The highest BCUT2D eigenvalue weighted by Crippen LogP contribution is 2.18. The van der Waals surface area contributed by atoms with Crippen LogP contribution in [0, 0.1) is 0 Å². The van der Waals surface area contributed by atoms with E-state index in [1.165, 1.54) is 56.9 Å². The quantitative estimate of drug-likeness (QED) is 0.190. The summed E-state index contributed by atoms with van der Waals surface area (Å²) in [7, 11) is 0. The molecule has 158 valence electrons. The van der Waals surface area contributed by atoms with Gasteiger partial charge in [0.2, 0.25) is 0 Å². The summed E-state index contributed by atoms with van der Waals surface area (Å²) in [6.45, 7) is 5.15. The average Bonchev–Trinajstić information content (AvgIpc) is 2.75. The van der Waals surface area contributed by atoms with Crippen LogP contribution in [-0.4, -0.2) is 12.6 Å². The lowest BCUT2D eigenvalue weighted by molar-refractivity contribution is 0.0734. The highest BCUT2D eigenvalue weighted by molar-refractivity contribution is 5.91. The van der Waals surface area contributed by atoms with E-state index in [2.05, 4.69) is 13.8 Å². The van der Waals surface area contributed by atoms with Gasteiger partial charge in [-0.2, -0.15) is 0 Å². The largest absolute Gasteiger partial charge is 0.494 e. The van der Waals surface area contributed by atoms with Gasteiger partial charge >= 0.3 is 5.97 Å². The molecule has 0 bridgehead atoms. The predicted molar refractivity (Wildman–Crippen MR) is 120 cm³/mol. The molecule has 0 radical (unpaired) electrons. The summed E-state index contributed by atoms with van der Waals surface area (Å²) in [4.78, 5) is 12.3. The summed E-state index contributed by atoms with van der Waals surface area (Å²) < 4.78 is 11.3. The van der Waals surface area contributed by atoms with Crippen molar-refractivity contribution < 1.29 is 14.3 Å². The third kappa shape index (κ3) is 9.17. The SMILES string of the molecule is CCCCCCCCCOc1ccc(C(=O)Oc2ccc(CCCC)cc2)cc1. The van der Waals surface area contributed by atoms with E-state index in [4.69, 9.17) is 9.47 Å². The molecule has 0 aliphatic carbocycles. The molecular weight excluding hydrogens is 360 g/mol. The van der Waals surface area contributed by atoms with Crippen molar-refractivity contribution in [2.75, 3.05) is 6.61 Å². The van der Waals surface area contributed by atoms with Crippen LogP contribution >= 0.6 is 0 Å². The van der Waals surface area contributed by atoms with Crippen molar-refractivity contribution in [3.05, 3.63) is 59.7 Å². The van der Waals surface area contributed by atoms with Gasteiger partial charge in [0.25, 0.3) is 0 Å². The zero-order valence-electron chi connectivity index (χ0n) is 18.1. The molecule has 0 fully saturated rings. The van der Waals surface area contributed by atoms with E-state index in [-0.39, 0.29) is 5.97 Å². The topological polar surface area (TPSA) is 35.5 Å². The highest BCUT2D eigenvalue weighted by atomic mass is 16.5. The van der Waals surface area contributed by atoms with Gasteiger partial charge in [-0.1, -0.05) is 70.9 Å². The van der Waals surface area contributed by atoms with E-state index >= 15 is 0 Å². The summed E-state index contributed by atoms with van der Waals surface area (Å²) in [5.41, 5.74) is 1.80. The summed E-state index contributed by atoms with van der Waals surface area (Å²) >= 11 is 0.